The number of pyridine rings is 1. The molecule has 4 nitrogen and oxygen atoms in total. The van der Waals surface area contributed by atoms with Crippen molar-refractivity contribution in [1.82, 2.24) is 4.98 Å². The lowest BCUT2D eigenvalue weighted by molar-refractivity contribution is 0.146. The Hall–Kier alpha value is -1.65. The van der Waals surface area contributed by atoms with Gasteiger partial charge in [-0.3, -0.25) is 4.98 Å². The minimum atomic E-state index is -0.647. The molecule has 2 rings (SSSR count). The zero-order valence-electron chi connectivity index (χ0n) is 8.78. The van der Waals surface area contributed by atoms with Crippen molar-refractivity contribution in [3.63, 3.8) is 0 Å². The molecule has 2 aromatic heterocycles. The molecule has 0 saturated carbocycles. The highest BCUT2D eigenvalue weighted by atomic mass is 16.3. The highest BCUT2D eigenvalue weighted by Crippen LogP contribution is 2.29. The van der Waals surface area contributed by atoms with Crippen molar-refractivity contribution in [1.29, 1.82) is 0 Å². The van der Waals surface area contributed by atoms with Crippen molar-refractivity contribution >= 4 is 0 Å². The van der Waals surface area contributed by atoms with E-state index >= 15 is 0 Å². The van der Waals surface area contributed by atoms with Crippen LogP contribution in [0, 0.1) is 0 Å². The Bertz CT molecular complexity index is 414. The van der Waals surface area contributed by atoms with E-state index in [1.807, 2.05) is 12.1 Å². The van der Waals surface area contributed by atoms with Gasteiger partial charge < -0.3 is 15.3 Å². The van der Waals surface area contributed by atoms with Crippen LogP contribution < -0.4 is 5.73 Å². The fourth-order valence-corrected chi connectivity index (χ4v) is 1.73. The van der Waals surface area contributed by atoms with E-state index in [1.165, 1.54) is 6.26 Å². The van der Waals surface area contributed by atoms with Gasteiger partial charge in [0.2, 0.25) is 0 Å². The highest BCUT2D eigenvalue weighted by molar-refractivity contribution is 5.23. The van der Waals surface area contributed by atoms with Gasteiger partial charge >= 0.3 is 0 Å². The Morgan fingerprint density at radius 2 is 2.00 bits per heavy atom. The number of furan rings is 1. The maximum atomic E-state index is 10.2. The maximum Gasteiger partial charge on any atom is 0.0960 e. The average Bonchev–Trinajstić information content (AvgIpc) is 2.85. The lowest BCUT2D eigenvalue weighted by Crippen LogP contribution is -2.19. The van der Waals surface area contributed by atoms with Gasteiger partial charge in [0, 0.05) is 30.4 Å². The number of rotatable bonds is 4. The summed E-state index contributed by atoms with van der Waals surface area (Å²) in [6, 6.07) is 5.47. The zero-order chi connectivity index (χ0) is 11.4. The van der Waals surface area contributed by atoms with Gasteiger partial charge in [0.05, 0.1) is 18.6 Å². The van der Waals surface area contributed by atoms with E-state index in [2.05, 4.69) is 4.98 Å². The number of hydrogen-bond donors (Lipinski definition) is 2. The molecule has 2 unspecified atom stereocenters. The van der Waals surface area contributed by atoms with Gasteiger partial charge in [0.25, 0.3) is 0 Å². The van der Waals surface area contributed by atoms with Crippen LogP contribution in [0.1, 0.15) is 23.1 Å². The van der Waals surface area contributed by atoms with Crippen molar-refractivity contribution in [3.05, 3.63) is 54.2 Å². The van der Waals surface area contributed by atoms with Crippen LogP contribution in [0.25, 0.3) is 0 Å². The van der Waals surface area contributed by atoms with E-state index in [9.17, 15) is 5.11 Å². The molecule has 84 valence electrons. The number of aliphatic hydroxyl groups excluding tert-OH is 1. The van der Waals surface area contributed by atoms with Crippen LogP contribution in [0.3, 0.4) is 0 Å². The molecule has 3 N–H and O–H groups in total. The summed E-state index contributed by atoms with van der Waals surface area (Å²) in [5.74, 6) is -0.138. The smallest absolute Gasteiger partial charge is 0.0960 e. The summed E-state index contributed by atoms with van der Waals surface area (Å²) < 4.78 is 4.95. The summed E-state index contributed by atoms with van der Waals surface area (Å²) in [5, 5.41) is 10.2. The second kappa shape index (κ2) is 4.92. The SMILES string of the molecule is NCC(c1ccncc1)C(O)c1ccoc1. The summed E-state index contributed by atoms with van der Waals surface area (Å²) in [7, 11) is 0. The Morgan fingerprint density at radius 3 is 2.56 bits per heavy atom. The van der Waals surface area contributed by atoms with Crippen molar-refractivity contribution in [2.24, 2.45) is 5.73 Å². The summed E-state index contributed by atoms with van der Waals surface area (Å²) in [6.45, 7) is 0.371. The number of aliphatic hydroxyl groups is 1. The van der Waals surface area contributed by atoms with Crippen LogP contribution in [-0.4, -0.2) is 16.6 Å². The lowest BCUT2D eigenvalue weighted by atomic mass is 9.91. The lowest BCUT2D eigenvalue weighted by Gasteiger charge is -2.20. The average molecular weight is 218 g/mol. The molecule has 0 aromatic carbocycles. The number of aromatic nitrogens is 1. The van der Waals surface area contributed by atoms with Crippen LogP contribution >= 0.6 is 0 Å². The second-order valence-corrected chi connectivity index (χ2v) is 3.62. The molecular weight excluding hydrogens is 204 g/mol. The van der Waals surface area contributed by atoms with Gasteiger partial charge in [-0.25, -0.2) is 0 Å². The van der Waals surface area contributed by atoms with Crippen LogP contribution in [0.5, 0.6) is 0 Å². The molecule has 0 fully saturated rings. The summed E-state index contributed by atoms with van der Waals surface area (Å²) in [6.07, 6.45) is 5.82. The van der Waals surface area contributed by atoms with Gasteiger partial charge in [-0.2, -0.15) is 0 Å². The van der Waals surface area contributed by atoms with Crippen LogP contribution in [0.4, 0.5) is 0 Å². The summed E-state index contributed by atoms with van der Waals surface area (Å²) in [5.41, 5.74) is 7.42. The van der Waals surface area contributed by atoms with Crippen molar-refractivity contribution in [2.45, 2.75) is 12.0 Å². The Labute approximate surface area is 93.7 Å². The van der Waals surface area contributed by atoms with Crippen molar-refractivity contribution < 1.29 is 9.52 Å². The predicted octanol–water partition coefficient (Wildman–Crippen LogP) is 1.45. The molecule has 4 heteroatoms. The standard InChI is InChI=1S/C12H14N2O2/c13-7-11(9-1-4-14-5-2-9)12(15)10-3-6-16-8-10/h1-6,8,11-12,15H,7,13H2. The third-order valence-corrected chi connectivity index (χ3v) is 2.65. The molecule has 0 aliphatic heterocycles. The predicted molar refractivity (Wildman–Crippen MR) is 59.7 cm³/mol. The normalized spacial score (nSPS) is 14.6. The molecule has 0 aliphatic rings. The van der Waals surface area contributed by atoms with Crippen LogP contribution in [-0.2, 0) is 0 Å². The number of hydrogen-bond acceptors (Lipinski definition) is 4. The van der Waals surface area contributed by atoms with Gasteiger partial charge in [0.1, 0.15) is 0 Å². The number of nitrogens with zero attached hydrogens (tertiary/aromatic N) is 1. The van der Waals surface area contributed by atoms with Gasteiger partial charge in [-0.05, 0) is 23.8 Å². The van der Waals surface area contributed by atoms with E-state index in [0.29, 0.717) is 6.54 Å². The highest BCUT2D eigenvalue weighted by Gasteiger charge is 2.22. The molecular formula is C12H14N2O2. The van der Waals surface area contributed by atoms with Gasteiger partial charge in [-0.15, -0.1) is 0 Å². The molecule has 0 saturated heterocycles. The first kappa shape index (κ1) is 10.9. The molecule has 0 spiro atoms. The first-order valence-electron chi connectivity index (χ1n) is 5.13. The minimum absolute atomic E-state index is 0.138. The van der Waals surface area contributed by atoms with Crippen LogP contribution in [0.15, 0.2) is 47.5 Å². The fourth-order valence-electron chi connectivity index (χ4n) is 1.73. The molecule has 2 atom stereocenters. The molecule has 16 heavy (non-hydrogen) atoms. The van der Waals surface area contributed by atoms with E-state index in [0.717, 1.165) is 11.1 Å². The third kappa shape index (κ3) is 2.13. The van der Waals surface area contributed by atoms with E-state index in [1.54, 1.807) is 24.7 Å². The molecule has 0 aliphatic carbocycles. The Kier molecular flexibility index (Phi) is 3.34. The topological polar surface area (TPSA) is 72.3 Å². The summed E-state index contributed by atoms with van der Waals surface area (Å²) >= 11 is 0. The second-order valence-electron chi connectivity index (χ2n) is 3.62. The van der Waals surface area contributed by atoms with E-state index in [-0.39, 0.29) is 5.92 Å². The monoisotopic (exact) mass is 218 g/mol. The van der Waals surface area contributed by atoms with Gasteiger partial charge in [0.15, 0.2) is 0 Å². The summed E-state index contributed by atoms with van der Waals surface area (Å²) in [4.78, 5) is 3.94. The largest absolute Gasteiger partial charge is 0.472 e. The van der Waals surface area contributed by atoms with E-state index < -0.39 is 6.10 Å². The first-order chi connectivity index (χ1) is 7.83. The van der Waals surface area contributed by atoms with Crippen molar-refractivity contribution in [3.8, 4) is 0 Å². The van der Waals surface area contributed by atoms with Gasteiger partial charge in [-0.1, -0.05) is 0 Å². The molecule has 0 amide bonds. The fraction of sp³-hybridized carbons (Fsp3) is 0.250. The zero-order valence-corrected chi connectivity index (χ0v) is 8.78. The van der Waals surface area contributed by atoms with Crippen molar-refractivity contribution in [2.75, 3.05) is 6.54 Å². The minimum Gasteiger partial charge on any atom is -0.472 e. The first-order valence-corrected chi connectivity index (χ1v) is 5.13. The Morgan fingerprint density at radius 1 is 1.25 bits per heavy atom. The number of nitrogens with two attached hydrogens (primary N) is 1. The van der Waals surface area contributed by atoms with Crippen LogP contribution in [0.2, 0.25) is 0 Å². The molecule has 0 radical (unpaired) electrons. The third-order valence-electron chi connectivity index (χ3n) is 2.65. The Balaban J connectivity index is 2.23. The quantitative estimate of drug-likeness (QED) is 0.814. The molecule has 2 heterocycles. The molecule has 2 aromatic rings. The van der Waals surface area contributed by atoms with E-state index in [4.69, 9.17) is 10.2 Å². The molecule has 0 bridgehead atoms. The maximum absolute atomic E-state index is 10.2.